The zero-order valence-electron chi connectivity index (χ0n) is 5.92. The van der Waals surface area contributed by atoms with E-state index in [9.17, 15) is 8.78 Å². The fourth-order valence-electron chi connectivity index (χ4n) is 0.736. The first kappa shape index (κ1) is 9.54. The molecule has 0 aliphatic rings. The van der Waals surface area contributed by atoms with Gasteiger partial charge in [-0.25, -0.2) is 8.78 Å². The number of aromatic nitrogens is 1. The highest BCUT2D eigenvalue weighted by Crippen LogP contribution is 2.21. The lowest BCUT2D eigenvalue weighted by Gasteiger charge is -2.08. The van der Waals surface area contributed by atoms with Crippen molar-refractivity contribution in [2.75, 3.05) is 0 Å². The van der Waals surface area contributed by atoms with Crippen LogP contribution in [0.2, 0.25) is 0 Å². The van der Waals surface area contributed by atoms with Crippen LogP contribution in [-0.4, -0.2) is 16.5 Å². The summed E-state index contributed by atoms with van der Waals surface area (Å²) in [6, 6.07) is 1.41. The molecule has 0 saturated heterocycles. The van der Waals surface area contributed by atoms with Gasteiger partial charge in [-0.05, 0) is 22.0 Å². The molecule has 0 aliphatic heterocycles. The molecular formula is C7H6BrF2NO. The smallest absolute Gasteiger partial charge is 0.268 e. The average Bonchev–Trinajstić information content (AvgIpc) is 2.03. The molecule has 1 atom stereocenters. The highest BCUT2D eigenvalue weighted by molar-refractivity contribution is 9.10. The maximum absolute atomic E-state index is 12.0. The van der Waals surface area contributed by atoms with Gasteiger partial charge in [0, 0.05) is 22.4 Å². The SMILES string of the molecule is OC(c1cncc(Br)c1)C(F)F. The Kier molecular flexibility index (Phi) is 3.11. The zero-order chi connectivity index (χ0) is 9.14. The monoisotopic (exact) mass is 237 g/mol. The lowest BCUT2D eigenvalue weighted by molar-refractivity contribution is -0.00599. The van der Waals surface area contributed by atoms with Crippen LogP contribution in [0.5, 0.6) is 0 Å². The van der Waals surface area contributed by atoms with Crippen LogP contribution in [0.4, 0.5) is 8.78 Å². The lowest BCUT2D eigenvalue weighted by atomic mass is 10.2. The molecule has 0 fully saturated rings. The zero-order valence-corrected chi connectivity index (χ0v) is 7.50. The van der Waals surface area contributed by atoms with Gasteiger partial charge in [-0.3, -0.25) is 4.98 Å². The molecule has 1 aromatic heterocycles. The first-order valence-electron chi connectivity index (χ1n) is 3.18. The largest absolute Gasteiger partial charge is 0.382 e. The summed E-state index contributed by atoms with van der Waals surface area (Å²) in [6.07, 6.45) is -1.86. The Hall–Kier alpha value is -0.550. The fourth-order valence-corrected chi connectivity index (χ4v) is 1.12. The van der Waals surface area contributed by atoms with Crippen LogP contribution in [0.3, 0.4) is 0 Å². The third-order valence-corrected chi connectivity index (χ3v) is 1.74. The molecule has 1 rings (SSSR count). The van der Waals surface area contributed by atoms with Crippen molar-refractivity contribution < 1.29 is 13.9 Å². The number of aliphatic hydroxyl groups is 1. The van der Waals surface area contributed by atoms with Crippen LogP contribution in [0.1, 0.15) is 11.7 Å². The molecule has 1 unspecified atom stereocenters. The van der Waals surface area contributed by atoms with E-state index in [-0.39, 0.29) is 5.56 Å². The molecule has 1 heterocycles. The van der Waals surface area contributed by atoms with E-state index in [0.717, 1.165) is 0 Å². The average molecular weight is 238 g/mol. The van der Waals surface area contributed by atoms with Gasteiger partial charge in [-0.1, -0.05) is 0 Å². The highest BCUT2D eigenvalue weighted by atomic mass is 79.9. The molecule has 12 heavy (non-hydrogen) atoms. The van der Waals surface area contributed by atoms with Crippen LogP contribution < -0.4 is 0 Å². The number of pyridine rings is 1. The molecule has 0 bridgehead atoms. The van der Waals surface area contributed by atoms with E-state index in [1.54, 1.807) is 0 Å². The summed E-state index contributed by atoms with van der Waals surface area (Å²) in [5, 5.41) is 8.91. The van der Waals surface area contributed by atoms with Gasteiger partial charge >= 0.3 is 0 Å². The molecule has 1 N–H and O–H groups in total. The van der Waals surface area contributed by atoms with Crippen LogP contribution in [0.25, 0.3) is 0 Å². The predicted octanol–water partition coefficient (Wildman–Crippen LogP) is 2.14. The number of nitrogens with zero attached hydrogens (tertiary/aromatic N) is 1. The number of halogens is 3. The Labute approximate surface area is 76.4 Å². The van der Waals surface area contributed by atoms with Gasteiger partial charge in [0.15, 0.2) is 0 Å². The third kappa shape index (κ3) is 2.22. The fraction of sp³-hybridized carbons (Fsp3) is 0.286. The minimum atomic E-state index is -2.78. The van der Waals surface area contributed by atoms with Crippen LogP contribution in [0, 0.1) is 0 Å². The van der Waals surface area contributed by atoms with Crippen molar-refractivity contribution >= 4 is 15.9 Å². The van der Waals surface area contributed by atoms with Crippen molar-refractivity contribution in [3.8, 4) is 0 Å². The maximum atomic E-state index is 12.0. The van der Waals surface area contributed by atoms with Crippen molar-refractivity contribution in [1.82, 2.24) is 4.98 Å². The van der Waals surface area contributed by atoms with E-state index < -0.39 is 12.5 Å². The van der Waals surface area contributed by atoms with Gasteiger partial charge in [0.2, 0.25) is 0 Å². The summed E-state index contributed by atoms with van der Waals surface area (Å²) in [5.41, 5.74) is 0.111. The molecule has 0 saturated carbocycles. The highest BCUT2D eigenvalue weighted by Gasteiger charge is 2.19. The van der Waals surface area contributed by atoms with Gasteiger partial charge in [-0.15, -0.1) is 0 Å². The molecule has 0 spiro atoms. The molecule has 0 radical (unpaired) electrons. The first-order valence-corrected chi connectivity index (χ1v) is 3.97. The molecule has 0 aromatic carbocycles. The predicted molar refractivity (Wildman–Crippen MR) is 42.9 cm³/mol. The Morgan fingerprint density at radius 3 is 2.58 bits per heavy atom. The molecule has 5 heteroatoms. The minimum Gasteiger partial charge on any atom is -0.382 e. The summed E-state index contributed by atoms with van der Waals surface area (Å²) < 4.78 is 24.5. The van der Waals surface area contributed by atoms with Crippen LogP contribution in [0.15, 0.2) is 22.9 Å². The van der Waals surface area contributed by atoms with E-state index in [1.807, 2.05) is 0 Å². The van der Waals surface area contributed by atoms with E-state index in [0.29, 0.717) is 4.47 Å². The molecule has 0 aliphatic carbocycles. The van der Waals surface area contributed by atoms with E-state index in [2.05, 4.69) is 20.9 Å². The van der Waals surface area contributed by atoms with Crippen molar-refractivity contribution in [1.29, 1.82) is 0 Å². The van der Waals surface area contributed by atoms with Gasteiger partial charge in [0.05, 0.1) is 0 Å². The molecule has 66 valence electrons. The Balaban J connectivity index is 2.88. The van der Waals surface area contributed by atoms with E-state index >= 15 is 0 Å². The molecule has 2 nitrogen and oxygen atoms in total. The van der Waals surface area contributed by atoms with Gasteiger partial charge in [-0.2, -0.15) is 0 Å². The van der Waals surface area contributed by atoms with Crippen molar-refractivity contribution in [2.24, 2.45) is 0 Å². The van der Waals surface area contributed by atoms with E-state index in [1.165, 1.54) is 18.5 Å². The Bertz CT molecular complexity index is 269. The van der Waals surface area contributed by atoms with Crippen molar-refractivity contribution in [2.45, 2.75) is 12.5 Å². The summed E-state index contributed by atoms with van der Waals surface area (Å²) in [6.45, 7) is 0. The van der Waals surface area contributed by atoms with Crippen molar-refractivity contribution in [3.05, 3.63) is 28.5 Å². The molecule has 0 amide bonds. The second kappa shape index (κ2) is 3.91. The summed E-state index contributed by atoms with van der Waals surface area (Å²) >= 11 is 3.06. The topological polar surface area (TPSA) is 33.1 Å². The number of hydrogen-bond acceptors (Lipinski definition) is 2. The minimum absolute atomic E-state index is 0.111. The van der Waals surface area contributed by atoms with Gasteiger partial charge < -0.3 is 5.11 Å². The number of hydrogen-bond donors (Lipinski definition) is 1. The first-order chi connectivity index (χ1) is 5.61. The lowest BCUT2D eigenvalue weighted by Crippen LogP contribution is -2.07. The second-order valence-corrected chi connectivity index (χ2v) is 3.13. The molecular weight excluding hydrogens is 232 g/mol. The summed E-state index contributed by atoms with van der Waals surface area (Å²) in [5.74, 6) is 0. The van der Waals surface area contributed by atoms with Gasteiger partial charge in [0.25, 0.3) is 6.43 Å². The summed E-state index contributed by atoms with van der Waals surface area (Å²) in [7, 11) is 0. The van der Waals surface area contributed by atoms with E-state index in [4.69, 9.17) is 5.11 Å². The van der Waals surface area contributed by atoms with Crippen LogP contribution in [-0.2, 0) is 0 Å². The van der Waals surface area contributed by atoms with Crippen LogP contribution >= 0.6 is 15.9 Å². The number of rotatable bonds is 2. The quantitative estimate of drug-likeness (QED) is 0.856. The third-order valence-electron chi connectivity index (χ3n) is 1.31. The molecule has 1 aromatic rings. The maximum Gasteiger partial charge on any atom is 0.268 e. The van der Waals surface area contributed by atoms with Gasteiger partial charge in [0.1, 0.15) is 6.10 Å². The Morgan fingerprint density at radius 1 is 1.42 bits per heavy atom. The number of alkyl halides is 2. The number of aliphatic hydroxyl groups excluding tert-OH is 1. The standard InChI is InChI=1S/C7H6BrF2NO/c8-5-1-4(2-11-3-5)6(12)7(9)10/h1-3,6-7,12H. The van der Waals surface area contributed by atoms with Crippen molar-refractivity contribution in [3.63, 3.8) is 0 Å². The second-order valence-electron chi connectivity index (χ2n) is 2.22. The normalized spacial score (nSPS) is 13.4. The summed E-state index contributed by atoms with van der Waals surface area (Å²) in [4.78, 5) is 3.65. The Morgan fingerprint density at radius 2 is 2.08 bits per heavy atom.